The molecule has 0 amide bonds. The van der Waals surface area contributed by atoms with Crippen LogP contribution in [0.4, 0.5) is 0 Å². The monoisotopic (exact) mass is 293 g/mol. The molecule has 0 N–H and O–H groups in total. The van der Waals surface area contributed by atoms with Crippen LogP contribution in [0.2, 0.25) is 0 Å². The zero-order valence-corrected chi connectivity index (χ0v) is 12.4. The average molecular weight is 293 g/mol. The van der Waals surface area contributed by atoms with Gasteiger partial charge in [-0.1, -0.05) is 30.3 Å². The summed E-state index contributed by atoms with van der Waals surface area (Å²) in [4.78, 5) is 16.1. The number of hydrogen-bond donors (Lipinski definition) is 0. The first kappa shape index (κ1) is 14.1. The summed E-state index contributed by atoms with van der Waals surface area (Å²) in [6.07, 6.45) is 0. The van der Waals surface area contributed by atoms with E-state index in [0.29, 0.717) is 11.3 Å². The Hall–Kier alpha value is -2.88. The van der Waals surface area contributed by atoms with Crippen molar-refractivity contribution in [3.63, 3.8) is 0 Å². The maximum atomic E-state index is 11.7. The van der Waals surface area contributed by atoms with Gasteiger partial charge < -0.3 is 9.47 Å². The van der Waals surface area contributed by atoms with Crippen LogP contribution in [0.15, 0.2) is 54.6 Å². The Bertz CT molecular complexity index is 828. The molecule has 0 bridgehead atoms. The van der Waals surface area contributed by atoms with Crippen molar-refractivity contribution in [2.75, 3.05) is 14.2 Å². The number of nitrogens with zero attached hydrogens (tertiary/aromatic N) is 1. The molecule has 4 nitrogen and oxygen atoms in total. The fraction of sp³-hybridized carbons (Fsp3) is 0.111. The minimum absolute atomic E-state index is 0.263. The zero-order chi connectivity index (χ0) is 15.5. The zero-order valence-electron chi connectivity index (χ0n) is 12.4. The van der Waals surface area contributed by atoms with Crippen molar-refractivity contribution in [3.8, 4) is 16.9 Å². The molecule has 3 aromatic rings. The van der Waals surface area contributed by atoms with E-state index in [1.165, 1.54) is 7.11 Å². The topological polar surface area (TPSA) is 48.4 Å². The van der Waals surface area contributed by atoms with Crippen molar-refractivity contribution in [1.82, 2.24) is 4.98 Å². The van der Waals surface area contributed by atoms with Crippen LogP contribution in [0.1, 0.15) is 10.5 Å². The number of methoxy groups -OCH3 is 2. The van der Waals surface area contributed by atoms with Gasteiger partial charge in [0.25, 0.3) is 0 Å². The highest BCUT2D eigenvalue weighted by molar-refractivity contribution is 6.00. The van der Waals surface area contributed by atoms with Gasteiger partial charge in [0, 0.05) is 5.39 Å². The molecule has 1 heterocycles. The quantitative estimate of drug-likeness (QED) is 0.691. The molecule has 2 aromatic carbocycles. The second-order valence-electron chi connectivity index (χ2n) is 4.77. The van der Waals surface area contributed by atoms with Crippen LogP contribution in [0.5, 0.6) is 5.75 Å². The number of carbonyl (C=O) groups excluding carboxylic acids is 1. The van der Waals surface area contributed by atoms with Crippen LogP contribution >= 0.6 is 0 Å². The molecule has 1 aromatic heterocycles. The number of ether oxygens (including phenoxy) is 2. The molecule has 0 spiro atoms. The van der Waals surface area contributed by atoms with Crippen LogP contribution in [0, 0.1) is 0 Å². The third kappa shape index (κ3) is 2.39. The summed E-state index contributed by atoms with van der Waals surface area (Å²) in [5.74, 6) is 0.162. The van der Waals surface area contributed by atoms with Crippen molar-refractivity contribution in [2.24, 2.45) is 0 Å². The Morgan fingerprint density at radius 2 is 1.73 bits per heavy atom. The lowest BCUT2D eigenvalue weighted by Crippen LogP contribution is -2.04. The highest BCUT2D eigenvalue weighted by atomic mass is 16.5. The van der Waals surface area contributed by atoms with Gasteiger partial charge in [-0.15, -0.1) is 0 Å². The standard InChI is InChI=1S/C18H15NO3/c1-21-16-11-9-13(12-6-4-3-5-7-12)14-8-10-15(18(20)22-2)19-17(14)16/h3-11H,1-2H3. The van der Waals surface area contributed by atoms with Crippen molar-refractivity contribution < 1.29 is 14.3 Å². The SMILES string of the molecule is COC(=O)c1ccc2c(-c3ccccc3)ccc(OC)c2n1. The first-order chi connectivity index (χ1) is 10.7. The molecule has 0 unspecified atom stereocenters. The van der Waals surface area contributed by atoms with Crippen molar-refractivity contribution in [2.45, 2.75) is 0 Å². The number of benzene rings is 2. The van der Waals surface area contributed by atoms with E-state index in [2.05, 4.69) is 4.98 Å². The fourth-order valence-corrected chi connectivity index (χ4v) is 2.44. The molecule has 0 saturated heterocycles. The highest BCUT2D eigenvalue weighted by Gasteiger charge is 2.13. The summed E-state index contributed by atoms with van der Waals surface area (Å²) in [7, 11) is 2.93. The molecule has 0 aliphatic carbocycles. The number of esters is 1. The van der Waals surface area contributed by atoms with Gasteiger partial charge in [0.05, 0.1) is 14.2 Å². The van der Waals surface area contributed by atoms with Crippen molar-refractivity contribution >= 4 is 16.9 Å². The van der Waals surface area contributed by atoms with E-state index < -0.39 is 5.97 Å². The summed E-state index contributed by atoms with van der Waals surface area (Å²) in [6, 6.07) is 17.4. The first-order valence-corrected chi connectivity index (χ1v) is 6.86. The summed E-state index contributed by atoms with van der Waals surface area (Å²) in [5, 5.41) is 0.929. The van der Waals surface area contributed by atoms with Crippen LogP contribution in [0.3, 0.4) is 0 Å². The maximum Gasteiger partial charge on any atom is 0.356 e. The predicted octanol–water partition coefficient (Wildman–Crippen LogP) is 3.70. The number of rotatable bonds is 3. The Balaban J connectivity index is 2.27. The second kappa shape index (κ2) is 5.85. The van der Waals surface area contributed by atoms with Gasteiger partial charge in [0.1, 0.15) is 17.0 Å². The van der Waals surface area contributed by atoms with Gasteiger partial charge in [-0.25, -0.2) is 9.78 Å². The molecule has 110 valence electrons. The highest BCUT2D eigenvalue weighted by Crippen LogP contribution is 2.33. The number of carbonyl (C=O) groups is 1. The molecule has 0 fully saturated rings. The second-order valence-corrected chi connectivity index (χ2v) is 4.77. The van der Waals surface area contributed by atoms with Crippen LogP contribution < -0.4 is 4.74 Å². The summed E-state index contributed by atoms with van der Waals surface area (Å²) < 4.78 is 10.1. The van der Waals surface area contributed by atoms with E-state index in [1.807, 2.05) is 48.5 Å². The van der Waals surface area contributed by atoms with E-state index in [9.17, 15) is 4.79 Å². The van der Waals surface area contributed by atoms with Gasteiger partial charge >= 0.3 is 5.97 Å². The van der Waals surface area contributed by atoms with E-state index in [0.717, 1.165) is 16.5 Å². The Morgan fingerprint density at radius 3 is 2.41 bits per heavy atom. The van der Waals surface area contributed by atoms with E-state index in [-0.39, 0.29) is 5.69 Å². The summed E-state index contributed by atoms with van der Waals surface area (Å²) >= 11 is 0. The Labute approximate surface area is 128 Å². The average Bonchev–Trinajstić information content (AvgIpc) is 2.60. The molecule has 0 aliphatic rings. The predicted molar refractivity (Wildman–Crippen MR) is 85.1 cm³/mol. The van der Waals surface area contributed by atoms with Gasteiger partial charge in [-0.2, -0.15) is 0 Å². The third-order valence-electron chi connectivity index (χ3n) is 3.52. The van der Waals surface area contributed by atoms with Crippen LogP contribution in [0.25, 0.3) is 22.0 Å². The molecule has 0 aliphatic heterocycles. The minimum atomic E-state index is -0.464. The van der Waals surface area contributed by atoms with Gasteiger partial charge in [-0.05, 0) is 35.4 Å². The maximum absolute atomic E-state index is 11.7. The Kier molecular flexibility index (Phi) is 3.74. The van der Waals surface area contributed by atoms with E-state index in [4.69, 9.17) is 9.47 Å². The Morgan fingerprint density at radius 1 is 0.955 bits per heavy atom. The number of aromatic nitrogens is 1. The fourth-order valence-electron chi connectivity index (χ4n) is 2.44. The summed E-state index contributed by atoms with van der Waals surface area (Å²) in [6.45, 7) is 0. The molecule has 0 atom stereocenters. The molecular weight excluding hydrogens is 278 g/mol. The van der Waals surface area contributed by atoms with E-state index >= 15 is 0 Å². The largest absolute Gasteiger partial charge is 0.494 e. The normalized spacial score (nSPS) is 10.5. The molecule has 0 saturated carbocycles. The number of fused-ring (bicyclic) bond motifs is 1. The number of hydrogen-bond acceptors (Lipinski definition) is 4. The third-order valence-corrected chi connectivity index (χ3v) is 3.52. The minimum Gasteiger partial charge on any atom is -0.494 e. The molecule has 3 rings (SSSR count). The van der Waals surface area contributed by atoms with Crippen molar-refractivity contribution in [1.29, 1.82) is 0 Å². The van der Waals surface area contributed by atoms with E-state index in [1.54, 1.807) is 13.2 Å². The van der Waals surface area contributed by atoms with Gasteiger partial charge in [-0.3, -0.25) is 0 Å². The lowest BCUT2D eigenvalue weighted by Gasteiger charge is -2.11. The summed E-state index contributed by atoms with van der Waals surface area (Å²) in [5.41, 5.74) is 3.04. The first-order valence-electron chi connectivity index (χ1n) is 6.86. The molecule has 22 heavy (non-hydrogen) atoms. The van der Waals surface area contributed by atoms with Crippen molar-refractivity contribution in [3.05, 3.63) is 60.3 Å². The van der Waals surface area contributed by atoms with Gasteiger partial charge in [0.15, 0.2) is 0 Å². The van der Waals surface area contributed by atoms with Crippen LogP contribution in [-0.2, 0) is 4.74 Å². The molecule has 4 heteroatoms. The molecular formula is C18H15NO3. The smallest absolute Gasteiger partial charge is 0.356 e. The van der Waals surface area contributed by atoms with Crippen LogP contribution in [-0.4, -0.2) is 25.2 Å². The number of pyridine rings is 1. The molecule has 0 radical (unpaired) electrons. The van der Waals surface area contributed by atoms with Gasteiger partial charge in [0.2, 0.25) is 0 Å². The lowest BCUT2D eigenvalue weighted by atomic mass is 10.00. The lowest BCUT2D eigenvalue weighted by molar-refractivity contribution is 0.0594.